The van der Waals surface area contributed by atoms with Crippen LogP contribution in [0.2, 0.25) is 5.02 Å². The monoisotopic (exact) mass is 234 g/mol. The van der Waals surface area contributed by atoms with Gasteiger partial charge in [-0.05, 0) is 31.0 Å². The third-order valence-electron chi connectivity index (χ3n) is 3.34. The van der Waals surface area contributed by atoms with Gasteiger partial charge in [0, 0.05) is 22.6 Å². The second-order valence-corrected chi connectivity index (χ2v) is 4.96. The molecule has 2 nitrogen and oxygen atoms in total. The fraction of sp³-hybridized carbons (Fsp3) is 0.385. The minimum atomic E-state index is 0.616. The SMILES string of the molecule is Clc1cc(NC2CCCC2)c2[nH]ccc2c1. The van der Waals surface area contributed by atoms with E-state index in [4.69, 9.17) is 11.6 Å². The van der Waals surface area contributed by atoms with Gasteiger partial charge in [-0.15, -0.1) is 0 Å². The Morgan fingerprint density at radius 2 is 2.06 bits per heavy atom. The number of halogens is 1. The highest BCUT2D eigenvalue weighted by atomic mass is 35.5. The quantitative estimate of drug-likeness (QED) is 0.802. The number of fused-ring (bicyclic) bond motifs is 1. The summed E-state index contributed by atoms with van der Waals surface area (Å²) in [6.45, 7) is 0. The molecule has 2 aromatic rings. The predicted octanol–water partition coefficient (Wildman–Crippen LogP) is 4.18. The van der Waals surface area contributed by atoms with E-state index in [-0.39, 0.29) is 0 Å². The second-order valence-electron chi connectivity index (χ2n) is 4.52. The standard InChI is InChI=1S/C13H15ClN2/c14-10-7-9-5-6-15-13(9)12(8-10)16-11-3-1-2-4-11/h5-8,11,15-16H,1-4H2. The molecular formula is C13H15ClN2. The average molecular weight is 235 g/mol. The van der Waals surface area contributed by atoms with Crippen LogP contribution in [-0.4, -0.2) is 11.0 Å². The van der Waals surface area contributed by atoms with E-state index in [1.807, 2.05) is 18.3 Å². The van der Waals surface area contributed by atoms with E-state index in [0.29, 0.717) is 6.04 Å². The third-order valence-corrected chi connectivity index (χ3v) is 3.56. The first kappa shape index (κ1) is 10.0. The maximum absolute atomic E-state index is 6.11. The summed E-state index contributed by atoms with van der Waals surface area (Å²) in [5.41, 5.74) is 2.30. The van der Waals surface area contributed by atoms with Crippen molar-refractivity contribution in [2.24, 2.45) is 0 Å². The van der Waals surface area contributed by atoms with Crippen molar-refractivity contribution >= 4 is 28.2 Å². The predicted molar refractivity (Wildman–Crippen MR) is 69.2 cm³/mol. The normalized spacial score (nSPS) is 17.1. The number of hydrogen-bond acceptors (Lipinski definition) is 1. The number of aromatic nitrogens is 1. The highest BCUT2D eigenvalue weighted by Gasteiger charge is 2.16. The average Bonchev–Trinajstić information content (AvgIpc) is 2.87. The number of rotatable bonds is 2. The second kappa shape index (κ2) is 4.02. The van der Waals surface area contributed by atoms with Crippen molar-refractivity contribution in [2.75, 3.05) is 5.32 Å². The molecule has 0 atom stereocenters. The summed E-state index contributed by atoms with van der Waals surface area (Å²) < 4.78 is 0. The van der Waals surface area contributed by atoms with Crippen LogP contribution >= 0.6 is 11.6 Å². The van der Waals surface area contributed by atoms with Crippen LogP contribution in [0, 0.1) is 0 Å². The Kier molecular flexibility index (Phi) is 2.52. The molecule has 1 aliphatic carbocycles. The Morgan fingerprint density at radius 3 is 2.88 bits per heavy atom. The molecule has 0 amide bonds. The van der Waals surface area contributed by atoms with Gasteiger partial charge in [-0.3, -0.25) is 0 Å². The van der Waals surface area contributed by atoms with Gasteiger partial charge < -0.3 is 10.3 Å². The Morgan fingerprint density at radius 1 is 1.25 bits per heavy atom. The smallest absolute Gasteiger partial charge is 0.0690 e. The highest BCUT2D eigenvalue weighted by molar-refractivity contribution is 6.31. The summed E-state index contributed by atoms with van der Waals surface area (Å²) >= 11 is 6.11. The molecule has 1 aliphatic rings. The maximum Gasteiger partial charge on any atom is 0.0690 e. The van der Waals surface area contributed by atoms with Crippen LogP contribution in [0.15, 0.2) is 24.4 Å². The Hall–Kier alpha value is -1.15. The molecule has 1 heterocycles. The van der Waals surface area contributed by atoms with E-state index in [0.717, 1.165) is 16.2 Å². The molecule has 1 aromatic carbocycles. The first-order valence-corrected chi connectivity index (χ1v) is 6.24. The molecule has 0 unspecified atom stereocenters. The van der Waals surface area contributed by atoms with Gasteiger partial charge in [-0.1, -0.05) is 24.4 Å². The molecule has 0 bridgehead atoms. The number of H-pyrrole nitrogens is 1. The zero-order valence-corrected chi connectivity index (χ0v) is 9.85. The van der Waals surface area contributed by atoms with Gasteiger partial charge in [0.25, 0.3) is 0 Å². The van der Waals surface area contributed by atoms with Crippen LogP contribution in [0.25, 0.3) is 10.9 Å². The fourth-order valence-corrected chi connectivity index (χ4v) is 2.77. The highest BCUT2D eigenvalue weighted by Crippen LogP contribution is 2.30. The van der Waals surface area contributed by atoms with Crippen molar-refractivity contribution < 1.29 is 0 Å². The summed E-state index contributed by atoms with van der Waals surface area (Å²) in [4.78, 5) is 3.27. The van der Waals surface area contributed by atoms with E-state index < -0.39 is 0 Å². The van der Waals surface area contributed by atoms with Gasteiger partial charge >= 0.3 is 0 Å². The largest absolute Gasteiger partial charge is 0.381 e. The van der Waals surface area contributed by atoms with Gasteiger partial charge in [0.15, 0.2) is 0 Å². The molecule has 3 heteroatoms. The molecule has 1 aromatic heterocycles. The van der Waals surface area contributed by atoms with Crippen LogP contribution in [-0.2, 0) is 0 Å². The van der Waals surface area contributed by atoms with Crippen molar-refractivity contribution in [3.05, 3.63) is 29.4 Å². The molecule has 0 spiro atoms. The molecule has 1 fully saturated rings. The topological polar surface area (TPSA) is 27.8 Å². The first-order valence-electron chi connectivity index (χ1n) is 5.86. The zero-order valence-electron chi connectivity index (χ0n) is 9.09. The minimum Gasteiger partial charge on any atom is -0.381 e. The molecule has 0 aliphatic heterocycles. The summed E-state index contributed by atoms with van der Waals surface area (Å²) in [6.07, 6.45) is 7.18. The summed E-state index contributed by atoms with van der Waals surface area (Å²) in [5, 5.41) is 5.57. The molecular weight excluding hydrogens is 220 g/mol. The van der Waals surface area contributed by atoms with E-state index >= 15 is 0 Å². The Labute approximate surface area is 100.0 Å². The molecule has 2 N–H and O–H groups in total. The van der Waals surface area contributed by atoms with Crippen LogP contribution in [0.3, 0.4) is 0 Å². The lowest BCUT2D eigenvalue weighted by molar-refractivity contribution is 0.756. The van der Waals surface area contributed by atoms with E-state index in [2.05, 4.69) is 16.4 Å². The van der Waals surface area contributed by atoms with Gasteiger partial charge in [-0.2, -0.15) is 0 Å². The van der Waals surface area contributed by atoms with E-state index in [1.165, 1.54) is 31.1 Å². The van der Waals surface area contributed by atoms with Gasteiger partial charge in [0.1, 0.15) is 0 Å². The summed E-state index contributed by atoms with van der Waals surface area (Å²) in [5.74, 6) is 0. The third kappa shape index (κ3) is 1.78. The number of aromatic amines is 1. The van der Waals surface area contributed by atoms with Crippen molar-refractivity contribution in [3.8, 4) is 0 Å². The minimum absolute atomic E-state index is 0.616. The zero-order chi connectivity index (χ0) is 11.0. The van der Waals surface area contributed by atoms with Crippen molar-refractivity contribution in [1.82, 2.24) is 4.98 Å². The lowest BCUT2D eigenvalue weighted by Crippen LogP contribution is -2.14. The molecule has 0 radical (unpaired) electrons. The molecule has 3 rings (SSSR count). The van der Waals surface area contributed by atoms with Gasteiger partial charge in [0.05, 0.1) is 11.2 Å². The van der Waals surface area contributed by atoms with E-state index in [9.17, 15) is 0 Å². The molecule has 1 saturated carbocycles. The van der Waals surface area contributed by atoms with Crippen LogP contribution in [0.1, 0.15) is 25.7 Å². The summed E-state index contributed by atoms with van der Waals surface area (Å²) in [6, 6.07) is 6.68. The fourth-order valence-electron chi connectivity index (χ4n) is 2.54. The lowest BCUT2D eigenvalue weighted by Gasteiger charge is -2.14. The number of benzene rings is 1. The van der Waals surface area contributed by atoms with Crippen molar-refractivity contribution in [1.29, 1.82) is 0 Å². The molecule has 16 heavy (non-hydrogen) atoms. The van der Waals surface area contributed by atoms with Gasteiger partial charge in [0.2, 0.25) is 0 Å². The van der Waals surface area contributed by atoms with Crippen LogP contribution in [0.4, 0.5) is 5.69 Å². The number of anilines is 1. The molecule has 0 saturated heterocycles. The van der Waals surface area contributed by atoms with Crippen molar-refractivity contribution in [2.45, 2.75) is 31.7 Å². The number of nitrogens with one attached hydrogen (secondary N) is 2. The summed E-state index contributed by atoms with van der Waals surface area (Å²) in [7, 11) is 0. The Bertz CT molecular complexity index is 498. The molecule has 84 valence electrons. The van der Waals surface area contributed by atoms with Gasteiger partial charge in [-0.25, -0.2) is 0 Å². The number of hydrogen-bond donors (Lipinski definition) is 2. The lowest BCUT2D eigenvalue weighted by atomic mass is 10.2. The van der Waals surface area contributed by atoms with Crippen molar-refractivity contribution in [3.63, 3.8) is 0 Å². The van der Waals surface area contributed by atoms with Crippen LogP contribution < -0.4 is 5.32 Å². The maximum atomic E-state index is 6.11. The van der Waals surface area contributed by atoms with E-state index in [1.54, 1.807) is 0 Å². The Balaban J connectivity index is 1.97. The first-order chi connectivity index (χ1) is 7.83. The van der Waals surface area contributed by atoms with Crippen LogP contribution in [0.5, 0.6) is 0 Å².